The number of halogens is 1. The molecule has 0 aliphatic heterocycles. The Kier molecular flexibility index (Phi) is 2.78. The third kappa shape index (κ3) is 2.05. The number of Topliss-reactive ketones (excluding diaryl/α,β-unsaturated/α-hetero) is 1. The molecule has 2 rings (SSSR count). The van der Waals surface area contributed by atoms with Gasteiger partial charge in [0.05, 0.1) is 0 Å². The van der Waals surface area contributed by atoms with Crippen molar-refractivity contribution < 1.29 is 9.21 Å². The Morgan fingerprint density at radius 2 is 2.20 bits per heavy atom. The zero-order valence-electron chi connectivity index (χ0n) is 8.42. The van der Waals surface area contributed by atoms with Crippen LogP contribution in [0.1, 0.15) is 30.3 Å². The first-order valence-electron chi connectivity index (χ1n) is 4.93. The van der Waals surface area contributed by atoms with Crippen molar-refractivity contribution in [3.8, 4) is 0 Å². The molecule has 0 saturated carbocycles. The predicted molar refractivity (Wildman–Crippen MR) is 60.5 cm³/mol. The highest BCUT2D eigenvalue weighted by atomic mass is 35.5. The molecule has 0 amide bonds. The summed E-state index contributed by atoms with van der Waals surface area (Å²) in [5.41, 5.74) is 0.707. The Hall–Kier alpha value is -1.28. The molecule has 0 bridgehead atoms. The number of ketones is 1. The van der Waals surface area contributed by atoms with Gasteiger partial charge in [-0.3, -0.25) is 4.79 Å². The summed E-state index contributed by atoms with van der Waals surface area (Å²) in [5.74, 6) is 0.471. The minimum atomic E-state index is 0.0461. The monoisotopic (exact) mass is 222 g/mol. The second-order valence-corrected chi connectivity index (χ2v) is 3.90. The van der Waals surface area contributed by atoms with E-state index in [0.717, 1.165) is 11.8 Å². The van der Waals surface area contributed by atoms with Crippen molar-refractivity contribution in [3.05, 3.63) is 35.0 Å². The molecular formula is C12H11ClO2. The molecule has 0 aliphatic rings. The van der Waals surface area contributed by atoms with Crippen LogP contribution < -0.4 is 0 Å². The van der Waals surface area contributed by atoms with Crippen molar-refractivity contribution in [2.24, 2.45) is 0 Å². The highest BCUT2D eigenvalue weighted by Gasteiger charge is 2.11. The lowest BCUT2D eigenvalue weighted by molar-refractivity contribution is 0.0957. The smallest absolute Gasteiger partial charge is 0.198 e. The van der Waals surface area contributed by atoms with Gasteiger partial charge in [-0.2, -0.15) is 0 Å². The Morgan fingerprint density at radius 1 is 1.40 bits per heavy atom. The zero-order valence-corrected chi connectivity index (χ0v) is 9.17. The van der Waals surface area contributed by atoms with Crippen LogP contribution in [0, 0.1) is 0 Å². The highest BCUT2D eigenvalue weighted by molar-refractivity contribution is 6.31. The van der Waals surface area contributed by atoms with Crippen LogP contribution in [0.15, 0.2) is 28.7 Å². The van der Waals surface area contributed by atoms with Crippen LogP contribution in [-0.2, 0) is 0 Å². The molecule has 3 heteroatoms. The molecule has 2 aromatic rings. The number of hydrogen-bond donors (Lipinski definition) is 0. The van der Waals surface area contributed by atoms with Crippen LogP contribution in [0.5, 0.6) is 0 Å². The van der Waals surface area contributed by atoms with E-state index in [-0.39, 0.29) is 5.78 Å². The normalized spacial score (nSPS) is 10.8. The molecule has 0 fully saturated rings. The van der Waals surface area contributed by atoms with Crippen LogP contribution >= 0.6 is 11.6 Å². The number of rotatable bonds is 3. The van der Waals surface area contributed by atoms with Gasteiger partial charge in [-0.15, -0.1) is 0 Å². The van der Waals surface area contributed by atoms with Gasteiger partial charge in [0.1, 0.15) is 5.58 Å². The lowest BCUT2D eigenvalue weighted by atomic mass is 10.2. The lowest BCUT2D eigenvalue weighted by Crippen LogP contribution is -1.94. The third-order valence-electron chi connectivity index (χ3n) is 2.23. The van der Waals surface area contributed by atoms with Crippen LogP contribution in [0.3, 0.4) is 0 Å². The van der Waals surface area contributed by atoms with Gasteiger partial charge in [0.15, 0.2) is 11.5 Å². The molecule has 15 heavy (non-hydrogen) atoms. The minimum Gasteiger partial charge on any atom is -0.453 e. The van der Waals surface area contributed by atoms with E-state index in [1.807, 2.05) is 6.92 Å². The summed E-state index contributed by atoms with van der Waals surface area (Å²) in [6.07, 6.45) is 1.35. The number of furan rings is 1. The third-order valence-corrected chi connectivity index (χ3v) is 2.47. The average Bonchev–Trinajstić information content (AvgIpc) is 2.60. The number of carbonyl (C=O) groups is 1. The van der Waals surface area contributed by atoms with E-state index in [2.05, 4.69) is 0 Å². The molecule has 0 unspecified atom stereocenters. The standard InChI is InChI=1S/C12H11ClO2/c1-2-3-10(14)12-7-8-6-9(13)4-5-11(8)15-12/h4-7H,2-3H2,1H3. The maximum absolute atomic E-state index is 11.6. The molecule has 0 radical (unpaired) electrons. The van der Waals surface area contributed by atoms with Crippen LogP contribution in [0.25, 0.3) is 11.0 Å². The van der Waals surface area contributed by atoms with Crippen molar-refractivity contribution in [2.75, 3.05) is 0 Å². The summed E-state index contributed by atoms with van der Waals surface area (Å²) in [6, 6.07) is 7.07. The van der Waals surface area contributed by atoms with Crippen LogP contribution in [-0.4, -0.2) is 5.78 Å². The molecule has 1 aromatic carbocycles. The molecule has 1 aromatic heterocycles. The fraction of sp³-hybridized carbons (Fsp3) is 0.250. The van der Waals surface area contributed by atoms with Crippen molar-refractivity contribution in [3.63, 3.8) is 0 Å². The molecule has 0 N–H and O–H groups in total. The quantitative estimate of drug-likeness (QED) is 0.733. The SMILES string of the molecule is CCCC(=O)c1cc2cc(Cl)ccc2o1. The highest BCUT2D eigenvalue weighted by Crippen LogP contribution is 2.23. The molecule has 0 spiro atoms. The number of benzene rings is 1. The summed E-state index contributed by atoms with van der Waals surface area (Å²) >= 11 is 5.84. The average molecular weight is 223 g/mol. The van der Waals surface area contributed by atoms with E-state index in [4.69, 9.17) is 16.0 Å². The van der Waals surface area contributed by atoms with Gasteiger partial charge in [-0.05, 0) is 30.7 Å². The number of carbonyl (C=O) groups excluding carboxylic acids is 1. The number of hydrogen-bond acceptors (Lipinski definition) is 2. The van der Waals surface area contributed by atoms with E-state index in [9.17, 15) is 4.79 Å². The Bertz CT molecular complexity index is 499. The number of fused-ring (bicyclic) bond motifs is 1. The molecular weight excluding hydrogens is 212 g/mol. The lowest BCUT2D eigenvalue weighted by Gasteiger charge is -1.91. The van der Waals surface area contributed by atoms with Gasteiger partial charge in [-0.25, -0.2) is 0 Å². The molecule has 0 aliphatic carbocycles. The van der Waals surface area contributed by atoms with E-state index < -0.39 is 0 Å². The largest absolute Gasteiger partial charge is 0.453 e. The van der Waals surface area contributed by atoms with Crippen molar-refractivity contribution in [2.45, 2.75) is 19.8 Å². The Balaban J connectivity index is 2.42. The van der Waals surface area contributed by atoms with Gasteiger partial charge in [0, 0.05) is 16.8 Å². The van der Waals surface area contributed by atoms with E-state index in [1.165, 1.54) is 0 Å². The summed E-state index contributed by atoms with van der Waals surface area (Å²) in [5, 5.41) is 1.53. The second-order valence-electron chi connectivity index (χ2n) is 3.47. The fourth-order valence-electron chi connectivity index (χ4n) is 1.50. The van der Waals surface area contributed by atoms with Crippen molar-refractivity contribution in [1.29, 1.82) is 0 Å². The van der Waals surface area contributed by atoms with Crippen LogP contribution in [0.2, 0.25) is 5.02 Å². The van der Waals surface area contributed by atoms with Gasteiger partial charge < -0.3 is 4.42 Å². The maximum atomic E-state index is 11.6. The van der Waals surface area contributed by atoms with Gasteiger partial charge in [-0.1, -0.05) is 18.5 Å². The first-order chi connectivity index (χ1) is 7.20. The van der Waals surface area contributed by atoms with Crippen LogP contribution in [0.4, 0.5) is 0 Å². The van der Waals surface area contributed by atoms with E-state index in [1.54, 1.807) is 24.3 Å². The van der Waals surface area contributed by atoms with Gasteiger partial charge in [0.25, 0.3) is 0 Å². The molecule has 2 nitrogen and oxygen atoms in total. The summed E-state index contributed by atoms with van der Waals surface area (Å²) < 4.78 is 5.43. The van der Waals surface area contributed by atoms with Crippen molar-refractivity contribution >= 4 is 28.4 Å². The topological polar surface area (TPSA) is 30.2 Å². The zero-order chi connectivity index (χ0) is 10.8. The fourth-order valence-corrected chi connectivity index (χ4v) is 1.68. The summed E-state index contributed by atoms with van der Waals surface area (Å²) in [6.45, 7) is 1.97. The maximum Gasteiger partial charge on any atom is 0.198 e. The molecule has 1 heterocycles. The van der Waals surface area contributed by atoms with Gasteiger partial charge in [0.2, 0.25) is 0 Å². The Morgan fingerprint density at radius 3 is 2.93 bits per heavy atom. The Labute approximate surface area is 92.8 Å². The van der Waals surface area contributed by atoms with E-state index >= 15 is 0 Å². The first kappa shape index (κ1) is 10.2. The molecule has 78 valence electrons. The first-order valence-corrected chi connectivity index (χ1v) is 5.31. The second kappa shape index (κ2) is 4.07. The van der Waals surface area contributed by atoms with Crippen molar-refractivity contribution in [1.82, 2.24) is 0 Å². The van der Waals surface area contributed by atoms with E-state index in [0.29, 0.717) is 22.8 Å². The minimum absolute atomic E-state index is 0.0461. The molecule has 0 saturated heterocycles. The predicted octanol–water partition coefficient (Wildman–Crippen LogP) is 4.07. The summed E-state index contributed by atoms with van der Waals surface area (Å²) in [7, 11) is 0. The molecule has 0 atom stereocenters. The summed E-state index contributed by atoms with van der Waals surface area (Å²) in [4.78, 5) is 11.6. The van der Waals surface area contributed by atoms with Gasteiger partial charge >= 0.3 is 0 Å².